The molecule has 0 aliphatic heterocycles. The fourth-order valence-corrected chi connectivity index (χ4v) is 4.73. The summed E-state index contributed by atoms with van der Waals surface area (Å²) < 4.78 is 0. The highest BCUT2D eigenvalue weighted by molar-refractivity contribution is 5.97. The van der Waals surface area contributed by atoms with Crippen LogP contribution in [0.4, 0.5) is 0 Å². The first-order chi connectivity index (χ1) is 24.5. The van der Waals surface area contributed by atoms with E-state index < -0.39 is 104 Å². The quantitative estimate of drug-likeness (QED) is 0.0351. The number of carboxylic acids is 1. The molecule has 0 spiro atoms. The summed E-state index contributed by atoms with van der Waals surface area (Å²) in [5.41, 5.74) is 16.8. The van der Waals surface area contributed by atoms with Gasteiger partial charge in [0.1, 0.15) is 36.3 Å². The molecule has 16 N–H and O–H groups in total. The van der Waals surface area contributed by atoms with E-state index in [0.29, 0.717) is 32.2 Å². The normalized spacial score (nSPS) is 15.3. The van der Waals surface area contributed by atoms with Crippen molar-refractivity contribution in [1.82, 2.24) is 31.9 Å². The third-order valence-electron chi connectivity index (χ3n) is 7.95. The van der Waals surface area contributed by atoms with Crippen LogP contribution in [0.1, 0.15) is 72.6 Å². The zero-order valence-corrected chi connectivity index (χ0v) is 30.6. The van der Waals surface area contributed by atoms with Crippen LogP contribution >= 0.6 is 0 Å². The molecule has 7 atom stereocenters. The van der Waals surface area contributed by atoms with Crippen molar-refractivity contribution < 1.29 is 54.0 Å². The van der Waals surface area contributed by atoms with Gasteiger partial charge < -0.3 is 69.5 Å². The minimum absolute atomic E-state index is 0.0395. The van der Waals surface area contributed by atoms with Gasteiger partial charge in [0, 0.05) is 0 Å². The van der Waals surface area contributed by atoms with Gasteiger partial charge in [0.25, 0.3) is 0 Å². The minimum atomic E-state index is -1.61. The Morgan fingerprint density at radius 2 is 0.827 bits per heavy atom. The lowest BCUT2D eigenvalue weighted by atomic mass is 10.0. The van der Waals surface area contributed by atoms with Gasteiger partial charge in [0.15, 0.2) is 0 Å². The number of carboxylic acid groups (broad SMARTS) is 1. The van der Waals surface area contributed by atoms with Crippen molar-refractivity contribution in [3.63, 3.8) is 0 Å². The molecule has 6 amide bonds. The highest BCUT2D eigenvalue weighted by atomic mass is 16.4. The zero-order valence-electron chi connectivity index (χ0n) is 30.6. The van der Waals surface area contributed by atoms with Gasteiger partial charge in [0.2, 0.25) is 35.4 Å². The topological polar surface area (TPSA) is 351 Å². The summed E-state index contributed by atoms with van der Waals surface area (Å²) >= 11 is 0. The lowest BCUT2D eigenvalue weighted by Gasteiger charge is -2.27. The van der Waals surface area contributed by atoms with Gasteiger partial charge in [-0.15, -0.1) is 0 Å². The number of carbonyl (C=O) groups excluding carboxylic acids is 6. The average molecular weight is 748 g/mol. The number of carbonyl (C=O) groups is 7. The highest BCUT2D eigenvalue weighted by Crippen LogP contribution is 2.09. The Labute approximate surface area is 304 Å². The maximum absolute atomic E-state index is 13.5. The maximum Gasteiger partial charge on any atom is 0.326 e. The zero-order chi connectivity index (χ0) is 40.0. The Morgan fingerprint density at radius 1 is 0.500 bits per heavy atom. The van der Waals surface area contributed by atoms with Crippen LogP contribution < -0.4 is 49.1 Å². The van der Waals surface area contributed by atoms with E-state index in [1.807, 2.05) is 0 Å². The minimum Gasteiger partial charge on any atom is -0.480 e. The molecule has 0 aliphatic carbocycles. The van der Waals surface area contributed by atoms with E-state index in [-0.39, 0.29) is 37.6 Å². The number of rotatable bonds is 27. The van der Waals surface area contributed by atoms with Crippen molar-refractivity contribution in [3.05, 3.63) is 0 Å². The number of aliphatic hydroxyl groups is 3. The van der Waals surface area contributed by atoms with Gasteiger partial charge in [-0.2, -0.15) is 0 Å². The summed E-state index contributed by atoms with van der Waals surface area (Å²) in [5, 5.41) is 53.1. The fraction of sp³-hybridized carbons (Fsp3) is 0.781. The number of aliphatic carboxylic acids is 1. The molecule has 0 fully saturated rings. The maximum atomic E-state index is 13.5. The molecule has 0 bridgehead atoms. The van der Waals surface area contributed by atoms with Crippen LogP contribution in [0.3, 0.4) is 0 Å². The van der Waals surface area contributed by atoms with Crippen molar-refractivity contribution in [2.45, 2.75) is 115 Å². The second-order valence-electron chi connectivity index (χ2n) is 13.2. The molecule has 0 aromatic heterocycles. The Kier molecular flexibility index (Phi) is 23.9. The van der Waals surface area contributed by atoms with Crippen LogP contribution in [0.25, 0.3) is 0 Å². The third kappa shape index (κ3) is 18.0. The van der Waals surface area contributed by atoms with E-state index >= 15 is 0 Å². The molecular formula is C32H61N9O11. The molecule has 0 heterocycles. The second kappa shape index (κ2) is 25.9. The summed E-state index contributed by atoms with van der Waals surface area (Å²) in [7, 11) is 0. The molecular weight excluding hydrogens is 686 g/mol. The molecule has 0 aromatic carbocycles. The summed E-state index contributed by atoms with van der Waals surface area (Å²) in [6.45, 7) is 4.82. The van der Waals surface area contributed by atoms with Gasteiger partial charge in [0.05, 0.1) is 25.9 Å². The van der Waals surface area contributed by atoms with Crippen molar-refractivity contribution >= 4 is 41.4 Å². The van der Waals surface area contributed by atoms with E-state index in [4.69, 9.17) is 17.2 Å². The van der Waals surface area contributed by atoms with Gasteiger partial charge >= 0.3 is 5.97 Å². The Balaban J connectivity index is 5.91. The van der Waals surface area contributed by atoms with E-state index in [2.05, 4.69) is 31.9 Å². The fourth-order valence-electron chi connectivity index (χ4n) is 4.73. The number of aliphatic hydroxyl groups excluding tert-OH is 3. The summed E-state index contributed by atoms with van der Waals surface area (Å²) in [5.74, 6) is -7.15. The predicted molar refractivity (Wildman–Crippen MR) is 189 cm³/mol. The number of unbranched alkanes of at least 4 members (excludes halogenated alkanes) is 2. The average Bonchev–Trinajstić information content (AvgIpc) is 3.09. The van der Waals surface area contributed by atoms with Gasteiger partial charge in [-0.05, 0) is 69.9 Å². The van der Waals surface area contributed by atoms with Crippen LogP contribution in [0.15, 0.2) is 0 Å². The molecule has 20 heteroatoms. The first kappa shape index (κ1) is 48.0. The third-order valence-corrected chi connectivity index (χ3v) is 7.95. The van der Waals surface area contributed by atoms with Crippen LogP contribution in [0.5, 0.6) is 0 Å². The van der Waals surface area contributed by atoms with Crippen molar-refractivity contribution in [2.24, 2.45) is 29.0 Å². The lowest BCUT2D eigenvalue weighted by Crippen LogP contribution is -2.61. The summed E-state index contributed by atoms with van der Waals surface area (Å²) in [6.07, 6.45) is 1.91. The molecule has 0 radical (unpaired) electrons. The van der Waals surface area contributed by atoms with Crippen LogP contribution in [-0.2, 0) is 33.6 Å². The summed E-state index contributed by atoms with van der Waals surface area (Å²) in [4.78, 5) is 89.7. The molecule has 0 saturated carbocycles. The van der Waals surface area contributed by atoms with Crippen LogP contribution in [0.2, 0.25) is 0 Å². The number of hydrogen-bond acceptors (Lipinski definition) is 13. The Bertz CT molecular complexity index is 1160. The standard InChI is InChI=1S/C32H61N9O11/c1-17(2)13-21(38-29(48)23(15-43)40-30(49)24(16-44)41-31(50)25(35)18(3)4)27(46)36-19(9-5-7-11-33)26(45)39-22(14-42)28(47)37-20(32(51)52)10-6-8-12-34/h17-25,42-44H,5-16,33-35H2,1-4H3,(H,36,46)(H,37,47)(H,38,48)(H,39,45)(H,40,49)(H,41,50)(H,51,52)/t19-,20-,21-,22-,23-,24-,25-/m0/s1. The molecule has 300 valence electrons. The number of nitrogens with one attached hydrogen (secondary N) is 6. The molecule has 0 saturated heterocycles. The van der Waals surface area contributed by atoms with Crippen molar-refractivity contribution in [3.8, 4) is 0 Å². The number of amides is 6. The predicted octanol–water partition coefficient (Wildman–Crippen LogP) is -4.76. The largest absolute Gasteiger partial charge is 0.480 e. The molecule has 20 nitrogen and oxygen atoms in total. The van der Waals surface area contributed by atoms with Gasteiger partial charge in [-0.25, -0.2) is 4.79 Å². The van der Waals surface area contributed by atoms with Crippen LogP contribution in [-0.4, -0.2) is 137 Å². The monoisotopic (exact) mass is 747 g/mol. The number of hydrogen-bond donors (Lipinski definition) is 13. The van der Waals surface area contributed by atoms with Gasteiger partial charge in [-0.3, -0.25) is 28.8 Å². The first-order valence-corrected chi connectivity index (χ1v) is 17.5. The first-order valence-electron chi connectivity index (χ1n) is 17.5. The molecule has 52 heavy (non-hydrogen) atoms. The molecule has 0 aromatic rings. The summed E-state index contributed by atoms with van der Waals surface area (Å²) in [6, 6.07) is -9.53. The SMILES string of the molecule is CC(C)C[C@H](NC(=O)[C@H](CO)NC(=O)[C@H](CO)NC(=O)[C@@H](N)C(C)C)C(=O)N[C@@H](CCCCN)C(=O)N[C@@H](CO)C(=O)N[C@@H](CCCCN)C(=O)O. The molecule has 0 rings (SSSR count). The van der Waals surface area contributed by atoms with E-state index in [1.165, 1.54) is 0 Å². The second-order valence-corrected chi connectivity index (χ2v) is 13.2. The smallest absolute Gasteiger partial charge is 0.326 e. The van der Waals surface area contributed by atoms with Gasteiger partial charge in [-0.1, -0.05) is 27.7 Å². The molecule has 0 unspecified atom stereocenters. The van der Waals surface area contributed by atoms with Crippen molar-refractivity contribution in [2.75, 3.05) is 32.9 Å². The van der Waals surface area contributed by atoms with E-state index in [0.717, 1.165) is 0 Å². The Hall–Kier alpha value is -3.95. The highest BCUT2D eigenvalue weighted by Gasteiger charge is 2.33. The number of nitrogens with two attached hydrogens (primary N) is 3. The van der Waals surface area contributed by atoms with E-state index in [1.54, 1.807) is 27.7 Å². The Morgan fingerprint density at radius 3 is 1.19 bits per heavy atom. The van der Waals surface area contributed by atoms with Crippen LogP contribution in [0, 0.1) is 11.8 Å². The van der Waals surface area contributed by atoms with E-state index in [9.17, 15) is 54.0 Å². The van der Waals surface area contributed by atoms with Crippen molar-refractivity contribution in [1.29, 1.82) is 0 Å². The lowest BCUT2D eigenvalue weighted by molar-refractivity contribution is -0.142. The molecule has 0 aliphatic rings.